The van der Waals surface area contributed by atoms with Gasteiger partial charge in [0.05, 0.1) is 24.2 Å². The second-order valence-corrected chi connectivity index (χ2v) is 8.03. The molecule has 7 heteroatoms. The molecule has 0 aliphatic heterocycles. The van der Waals surface area contributed by atoms with Gasteiger partial charge in [0, 0.05) is 37.5 Å². The Morgan fingerprint density at radius 3 is 2.58 bits per heavy atom. The van der Waals surface area contributed by atoms with Crippen LogP contribution in [0.15, 0.2) is 53.8 Å². The van der Waals surface area contributed by atoms with Gasteiger partial charge in [-0.2, -0.15) is 15.1 Å². The van der Waals surface area contributed by atoms with Crippen molar-refractivity contribution in [1.29, 1.82) is 0 Å². The Kier molecular flexibility index (Phi) is 9.18. The summed E-state index contributed by atoms with van der Waals surface area (Å²) in [5.74, 6) is 0.856. The Balaban J connectivity index is 1.78. The molecule has 0 bridgehead atoms. The molecule has 2 aromatic heterocycles. The number of nitrogens with zero attached hydrogens (tertiary/aromatic N) is 5. The first-order chi connectivity index (χ1) is 16.1. The van der Waals surface area contributed by atoms with Gasteiger partial charge in [0.15, 0.2) is 0 Å². The molecule has 0 unspecified atom stereocenters. The van der Waals surface area contributed by atoms with Crippen LogP contribution in [0.25, 0.3) is 0 Å². The van der Waals surface area contributed by atoms with E-state index in [-0.39, 0.29) is 0 Å². The van der Waals surface area contributed by atoms with Crippen molar-refractivity contribution in [3.05, 3.63) is 71.2 Å². The number of anilines is 2. The molecule has 3 rings (SSSR count). The number of benzene rings is 1. The van der Waals surface area contributed by atoms with Crippen LogP contribution in [0, 0.1) is 13.8 Å². The van der Waals surface area contributed by atoms with E-state index in [4.69, 9.17) is 4.74 Å². The fourth-order valence-electron chi connectivity index (χ4n) is 3.42. The van der Waals surface area contributed by atoms with Crippen molar-refractivity contribution >= 4 is 17.7 Å². The molecule has 1 aromatic carbocycles. The van der Waals surface area contributed by atoms with E-state index in [2.05, 4.69) is 76.3 Å². The lowest BCUT2D eigenvalue weighted by molar-refractivity contribution is 0.295. The minimum absolute atomic E-state index is 0.355. The minimum Gasteiger partial charge on any atom is -0.463 e. The van der Waals surface area contributed by atoms with Gasteiger partial charge in [-0.1, -0.05) is 32.0 Å². The molecular formula is C26H34N6O. The second-order valence-electron chi connectivity index (χ2n) is 8.03. The van der Waals surface area contributed by atoms with Crippen molar-refractivity contribution in [2.75, 3.05) is 30.0 Å². The maximum atomic E-state index is 5.93. The molecule has 33 heavy (non-hydrogen) atoms. The average Bonchev–Trinajstić information content (AvgIpc) is 2.82. The highest BCUT2D eigenvalue weighted by molar-refractivity contribution is 5.79. The van der Waals surface area contributed by atoms with Crippen molar-refractivity contribution in [3.63, 3.8) is 0 Å². The van der Waals surface area contributed by atoms with Crippen LogP contribution in [-0.4, -0.2) is 40.9 Å². The van der Waals surface area contributed by atoms with E-state index in [1.165, 1.54) is 5.56 Å². The van der Waals surface area contributed by atoms with E-state index < -0.39 is 0 Å². The molecule has 3 aromatic rings. The summed E-state index contributed by atoms with van der Waals surface area (Å²) in [6.45, 7) is 10.8. The zero-order valence-corrected chi connectivity index (χ0v) is 20.1. The lowest BCUT2D eigenvalue weighted by Gasteiger charge is -2.23. The number of ether oxygens (including phenoxy) is 1. The summed E-state index contributed by atoms with van der Waals surface area (Å²) in [5, 5.41) is 4.43. The Bertz CT molecular complexity index is 1030. The third-order valence-electron chi connectivity index (χ3n) is 5.11. The number of rotatable bonds is 12. The molecule has 1 N–H and O–H groups in total. The minimum atomic E-state index is 0.355. The van der Waals surface area contributed by atoms with E-state index in [1.807, 2.05) is 24.3 Å². The largest absolute Gasteiger partial charge is 0.463 e. The maximum Gasteiger partial charge on any atom is 0.318 e. The number of aromatic nitrogens is 3. The van der Waals surface area contributed by atoms with Gasteiger partial charge in [-0.25, -0.2) is 0 Å². The fraction of sp³-hybridized carbons (Fsp3) is 0.385. The molecule has 0 atom stereocenters. The van der Waals surface area contributed by atoms with Crippen LogP contribution >= 0.6 is 0 Å². The van der Waals surface area contributed by atoms with Crippen LogP contribution < -0.4 is 15.1 Å². The Labute approximate surface area is 197 Å². The highest BCUT2D eigenvalue weighted by atomic mass is 16.5. The van der Waals surface area contributed by atoms with Gasteiger partial charge in [-0.3, -0.25) is 10.4 Å². The van der Waals surface area contributed by atoms with Crippen molar-refractivity contribution in [3.8, 4) is 6.01 Å². The number of hydrogen-bond acceptors (Lipinski definition) is 7. The molecule has 0 radical (unpaired) electrons. The molecule has 7 nitrogen and oxygen atoms in total. The molecule has 0 saturated heterocycles. The Morgan fingerprint density at radius 1 is 1.03 bits per heavy atom. The van der Waals surface area contributed by atoms with Crippen molar-refractivity contribution in [1.82, 2.24) is 15.0 Å². The quantitative estimate of drug-likeness (QED) is 0.305. The lowest BCUT2D eigenvalue weighted by atomic mass is 10.1. The fourth-order valence-corrected chi connectivity index (χ4v) is 3.42. The molecule has 174 valence electrons. The molecule has 0 amide bonds. The van der Waals surface area contributed by atoms with Gasteiger partial charge in [0.25, 0.3) is 0 Å². The summed E-state index contributed by atoms with van der Waals surface area (Å²) in [6, 6.07) is 14.4. The zero-order chi connectivity index (χ0) is 23.5. The number of aryl methyl sites for hydroxylation is 2. The molecule has 0 aliphatic carbocycles. The predicted octanol–water partition coefficient (Wildman–Crippen LogP) is 5.18. The highest BCUT2D eigenvalue weighted by Gasteiger charge is 2.11. The summed E-state index contributed by atoms with van der Waals surface area (Å²) in [7, 11) is 0. The summed E-state index contributed by atoms with van der Waals surface area (Å²) in [5.41, 5.74) is 8.10. The SMILES string of the molecule is CCCN(CCC)c1cc(/C=N/Nc2cc(C)ccc2C)nc(OCCc2ccccn2)n1. The van der Waals surface area contributed by atoms with Crippen LogP contribution in [0.4, 0.5) is 11.5 Å². The monoisotopic (exact) mass is 446 g/mol. The first-order valence-corrected chi connectivity index (χ1v) is 11.6. The Morgan fingerprint density at radius 2 is 1.85 bits per heavy atom. The first-order valence-electron chi connectivity index (χ1n) is 11.6. The number of pyridine rings is 1. The number of hydrazone groups is 1. The summed E-state index contributed by atoms with van der Waals surface area (Å²) in [4.78, 5) is 15.9. The van der Waals surface area contributed by atoms with Crippen LogP contribution in [0.3, 0.4) is 0 Å². The van der Waals surface area contributed by atoms with E-state index in [0.717, 1.165) is 48.7 Å². The van der Waals surface area contributed by atoms with E-state index in [1.54, 1.807) is 12.4 Å². The average molecular weight is 447 g/mol. The predicted molar refractivity (Wildman–Crippen MR) is 135 cm³/mol. The lowest BCUT2D eigenvalue weighted by Crippen LogP contribution is -2.26. The first kappa shape index (κ1) is 24.2. The van der Waals surface area contributed by atoms with Gasteiger partial charge in [0.2, 0.25) is 0 Å². The number of hydrogen-bond donors (Lipinski definition) is 1. The molecule has 0 aliphatic rings. The maximum absolute atomic E-state index is 5.93. The van der Waals surface area contributed by atoms with Crippen molar-refractivity contribution < 1.29 is 4.74 Å². The smallest absolute Gasteiger partial charge is 0.318 e. The standard InChI is InChI=1S/C26H34N6O/c1-5-14-32(15-6-2)25-18-23(19-28-31-24-17-20(3)10-11-21(24)4)29-26(30-25)33-16-12-22-9-7-8-13-27-22/h7-11,13,17-19,31H,5-6,12,14-16H2,1-4H3/b28-19+. The molecule has 0 spiro atoms. The third-order valence-corrected chi connectivity index (χ3v) is 5.11. The third kappa shape index (κ3) is 7.56. The second kappa shape index (κ2) is 12.5. The van der Waals surface area contributed by atoms with Crippen LogP contribution in [-0.2, 0) is 6.42 Å². The van der Waals surface area contributed by atoms with Gasteiger partial charge in [0.1, 0.15) is 5.82 Å². The summed E-state index contributed by atoms with van der Waals surface area (Å²) < 4.78 is 5.93. The van der Waals surface area contributed by atoms with Crippen molar-refractivity contribution in [2.45, 2.75) is 47.0 Å². The van der Waals surface area contributed by atoms with Gasteiger partial charge < -0.3 is 9.64 Å². The molecular weight excluding hydrogens is 412 g/mol. The topological polar surface area (TPSA) is 75.5 Å². The van der Waals surface area contributed by atoms with E-state index >= 15 is 0 Å². The van der Waals surface area contributed by atoms with Crippen LogP contribution in [0.5, 0.6) is 6.01 Å². The zero-order valence-electron chi connectivity index (χ0n) is 20.1. The molecule has 0 fully saturated rings. The van der Waals surface area contributed by atoms with Gasteiger partial charge >= 0.3 is 6.01 Å². The number of nitrogens with one attached hydrogen (secondary N) is 1. The van der Waals surface area contributed by atoms with Crippen LogP contribution in [0.1, 0.15) is 49.2 Å². The van der Waals surface area contributed by atoms with E-state index in [0.29, 0.717) is 24.7 Å². The normalized spacial score (nSPS) is 11.0. The summed E-state index contributed by atoms with van der Waals surface area (Å²) in [6.07, 6.45) is 6.28. The van der Waals surface area contributed by atoms with Gasteiger partial charge in [-0.15, -0.1) is 0 Å². The molecule has 0 saturated carbocycles. The van der Waals surface area contributed by atoms with Crippen LogP contribution in [0.2, 0.25) is 0 Å². The molecule has 2 heterocycles. The van der Waals surface area contributed by atoms with Crippen molar-refractivity contribution in [2.24, 2.45) is 5.10 Å². The highest BCUT2D eigenvalue weighted by Crippen LogP contribution is 2.18. The summed E-state index contributed by atoms with van der Waals surface area (Å²) >= 11 is 0. The van der Waals surface area contributed by atoms with E-state index in [9.17, 15) is 0 Å². The van der Waals surface area contributed by atoms with Gasteiger partial charge in [-0.05, 0) is 56.0 Å². The Hall–Kier alpha value is -3.48.